The van der Waals surface area contributed by atoms with E-state index in [1.807, 2.05) is 0 Å². The molecule has 14 heavy (non-hydrogen) atoms. The first-order valence-corrected chi connectivity index (χ1v) is 3.96. The monoisotopic (exact) mass is 190 g/mol. The normalized spacial score (nSPS) is 19.1. The van der Waals surface area contributed by atoms with Crippen LogP contribution >= 0.6 is 0 Å². The Morgan fingerprint density at radius 2 is 2.29 bits per heavy atom. The predicted octanol–water partition coefficient (Wildman–Crippen LogP) is 0.681. The van der Waals surface area contributed by atoms with Gasteiger partial charge in [0.05, 0.1) is 5.56 Å². The van der Waals surface area contributed by atoms with Crippen molar-refractivity contribution in [2.75, 3.05) is 0 Å². The summed E-state index contributed by atoms with van der Waals surface area (Å²) < 4.78 is 0. The molecule has 0 spiro atoms. The molecule has 0 aliphatic carbocycles. The van der Waals surface area contributed by atoms with Gasteiger partial charge in [-0.3, -0.25) is 9.59 Å². The maximum Gasteiger partial charge on any atom is 0.319 e. The van der Waals surface area contributed by atoms with E-state index in [0.717, 1.165) is 6.21 Å². The maximum absolute atomic E-state index is 11.5. The summed E-state index contributed by atoms with van der Waals surface area (Å²) in [5.41, 5.74) is 0.266. The van der Waals surface area contributed by atoms with Gasteiger partial charge in [-0.15, -0.1) is 0 Å². The Bertz CT molecular complexity index is 439. The number of pyridine rings is 1. The highest BCUT2D eigenvalue weighted by Crippen LogP contribution is 2.23. The number of hydrogen-bond donors (Lipinski definition) is 1. The lowest BCUT2D eigenvalue weighted by molar-refractivity contribution is -0.137. The number of ketones is 1. The lowest BCUT2D eigenvalue weighted by atomic mass is 9.97. The fourth-order valence-electron chi connectivity index (χ4n) is 1.25. The van der Waals surface area contributed by atoms with Gasteiger partial charge in [-0.2, -0.15) is 0 Å². The summed E-state index contributed by atoms with van der Waals surface area (Å²) in [6.45, 7) is 0. The van der Waals surface area contributed by atoms with Crippen molar-refractivity contribution in [3.8, 4) is 0 Å². The van der Waals surface area contributed by atoms with Crippen LogP contribution in [0, 0.1) is 5.92 Å². The first-order chi connectivity index (χ1) is 6.70. The molecule has 0 fully saturated rings. The van der Waals surface area contributed by atoms with Crippen LogP contribution in [0.1, 0.15) is 10.4 Å². The number of nitrogens with zero attached hydrogens (tertiary/aromatic N) is 2. The highest BCUT2D eigenvalue weighted by molar-refractivity contribution is 6.21. The van der Waals surface area contributed by atoms with Crippen molar-refractivity contribution in [3.63, 3.8) is 0 Å². The van der Waals surface area contributed by atoms with Gasteiger partial charge in [0.25, 0.3) is 0 Å². The molecule has 1 atom stereocenters. The first kappa shape index (κ1) is 8.55. The number of carboxylic acids is 1. The summed E-state index contributed by atoms with van der Waals surface area (Å²) in [6.07, 6.45) is 2.62. The lowest BCUT2D eigenvalue weighted by Gasteiger charge is -2.12. The lowest BCUT2D eigenvalue weighted by Crippen LogP contribution is -2.27. The standard InChI is InChI=1S/C9H6N2O3/c12-7-5-2-1-3-10-8(5)11-4-6(7)9(13)14/h1-4,6H,(H,13,14). The molecule has 2 rings (SSSR count). The maximum atomic E-state index is 11.5. The molecular weight excluding hydrogens is 184 g/mol. The molecule has 0 saturated heterocycles. The van der Waals surface area contributed by atoms with Crippen LogP contribution in [0.15, 0.2) is 23.3 Å². The summed E-state index contributed by atoms with van der Waals surface area (Å²) >= 11 is 0. The van der Waals surface area contributed by atoms with Crippen LogP contribution in [0.2, 0.25) is 0 Å². The third-order valence-corrected chi connectivity index (χ3v) is 1.95. The average Bonchev–Trinajstić information content (AvgIpc) is 2.18. The smallest absolute Gasteiger partial charge is 0.319 e. The second-order valence-electron chi connectivity index (χ2n) is 2.83. The molecule has 5 heteroatoms. The van der Waals surface area contributed by atoms with Crippen LogP contribution in [-0.4, -0.2) is 28.1 Å². The van der Waals surface area contributed by atoms with Crippen LogP contribution < -0.4 is 0 Å². The van der Waals surface area contributed by atoms with Crippen molar-refractivity contribution in [3.05, 3.63) is 23.9 Å². The molecule has 0 radical (unpaired) electrons. The van der Waals surface area contributed by atoms with E-state index in [1.54, 1.807) is 6.07 Å². The number of carbonyl (C=O) groups excluding carboxylic acids is 1. The molecule has 70 valence electrons. The number of aliphatic imine (C=N–C) groups is 1. The SMILES string of the molecule is O=C(O)C1C=Nc2ncccc2C1=O. The summed E-state index contributed by atoms with van der Waals surface area (Å²) in [6, 6.07) is 3.10. The Balaban J connectivity index is 2.50. The van der Waals surface area contributed by atoms with Crippen LogP contribution in [0.3, 0.4) is 0 Å². The van der Waals surface area contributed by atoms with Crippen molar-refractivity contribution in [1.82, 2.24) is 4.98 Å². The first-order valence-electron chi connectivity index (χ1n) is 3.96. The molecule has 1 aromatic rings. The molecule has 0 aromatic carbocycles. The minimum atomic E-state index is -1.19. The summed E-state index contributed by atoms with van der Waals surface area (Å²) in [4.78, 5) is 29.8. The van der Waals surface area contributed by atoms with Gasteiger partial charge in [-0.25, -0.2) is 9.98 Å². The van der Waals surface area contributed by atoms with Gasteiger partial charge in [-0.1, -0.05) is 0 Å². The molecule has 1 unspecified atom stereocenters. The molecule has 5 nitrogen and oxygen atoms in total. The van der Waals surface area contributed by atoms with E-state index < -0.39 is 17.7 Å². The number of aliphatic carboxylic acids is 1. The molecule has 1 N–H and O–H groups in total. The molecule has 1 aliphatic heterocycles. The van der Waals surface area contributed by atoms with Crippen LogP contribution in [0.4, 0.5) is 5.82 Å². The predicted molar refractivity (Wildman–Crippen MR) is 47.8 cm³/mol. The number of hydrogen-bond acceptors (Lipinski definition) is 4. The van der Waals surface area contributed by atoms with Gasteiger partial charge in [0.15, 0.2) is 17.5 Å². The Labute approximate surface area is 79.1 Å². The van der Waals surface area contributed by atoms with Gasteiger partial charge >= 0.3 is 5.97 Å². The molecule has 1 aliphatic rings. The Hall–Kier alpha value is -2.04. The van der Waals surface area contributed by atoms with Crippen LogP contribution in [-0.2, 0) is 4.79 Å². The molecule has 0 amide bonds. The number of aromatic nitrogens is 1. The number of carbonyl (C=O) groups is 2. The zero-order chi connectivity index (χ0) is 10.1. The van der Waals surface area contributed by atoms with Crippen molar-refractivity contribution < 1.29 is 14.7 Å². The summed E-state index contributed by atoms with van der Waals surface area (Å²) in [5.74, 6) is -2.54. The van der Waals surface area contributed by atoms with Gasteiger partial charge in [0.1, 0.15) is 0 Å². The summed E-state index contributed by atoms with van der Waals surface area (Å²) in [5, 5.41) is 8.70. The van der Waals surface area contributed by atoms with Crippen molar-refractivity contribution in [2.24, 2.45) is 10.9 Å². The number of carboxylic acid groups (broad SMARTS) is 1. The molecule has 0 bridgehead atoms. The number of Topliss-reactive ketones (excluding diaryl/α,β-unsaturated/α-hetero) is 1. The van der Waals surface area contributed by atoms with Gasteiger partial charge in [-0.05, 0) is 12.1 Å². The van der Waals surface area contributed by atoms with Crippen molar-refractivity contribution in [2.45, 2.75) is 0 Å². The molecule has 0 saturated carbocycles. The fourth-order valence-corrected chi connectivity index (χ4v) is 1.25. The van der Waals surface area contributed by atoms with Crippen LogP contribution in [0.25, 0.3) is 0 Å². The van der Waals surface area contributed by atoms with E-state index in [9.17, 15) is 9.59 Å². The topological polar surface area (TPSA) is 79.6 Å². The zero-order valence-electron chi connectivity index (χ0n) is 7.04. The highest BCUT2D eigenvalue weighted by Gasteiger charge is 2.30. The quantitative estimate of drug-likeness (QED) is 0.660. The number of fused-ring (bicyclic) bond motifs is 1. The van der Waals surface area contributed by atoms with Gasteiger partial charge in [0.2, 0.25) is 0 Å². The van der Waals surface area contributed by atoms with E-state index in [0.29, 0.717) is 0 Å². The fraction of sp³-hybridized carbons (Fsp3) is 0.111. The Morgan fingerprint density at radius 1 is 1.50 bits per heavy atom. The van der Waals surface area contributed by atoms with E-state index in [2.05, 4.69) is 9.98 Å². The second-order valence-corrected chi connectivity index (χ2v) is 2.83. The van der Waals surface area contributed by atoms with E-state index in [1.165, 1.54) is 12.3 Å². The van der Waals surface area contributed by atoms with E-state index in [4.69, 9.17) is 5.11 Å². The zero-order valence-corrected chi connectivity index (χ0v) is 7.04. The van der Waals surface area contributed by atoms with Gasteiger partial charge in [0, 0.05) is 12.4 Å². The highest BCUT2D eigenvalue weighted by atomic mass is 16.4. The third kappa shape index (κ3) is 1.19. The third-order valence-electron chi connectivity index (χ3n) is 1.95. The van der Waals surface area contributed by atoms with Crippen molar-refractivity contribution >= 4 is 23.8 Å². The molecule has 1 aromatic heterocycles. The van der Waals surface area contributed by atoms with Crippen LogP contribution in [0.5, 0.6) is 0 Å². The van der Waals surface area contributed by atoms with Crippen molar-refractivity contribution in [1.29, 1.82) is 0 Å². The number of rotatable bonds is 1. The average molecular weight is 190 g/mol. The minimum absolute atomic E-state index is 0.266. The molecular formula is C9H6N2O3. The second kappa shape index (κ2) is 3.02. The molecule has 2 heterocycles. The largest absolute Gasteiger partial charge is 0.480 e. The van der Waals surface area contributed by atoms with Gasteiger partial charge < -0.3 is 5.11 Å². The summed E-state index contributed by atoms with van der Waals surface area (Å²) in [7, 11) is 0. The van der Waals surface area contributed by atoms with E-state index >= 15 is 0 Å². The Morgan fingerprint density at radius 3 is 3.00 bits per heavy atom. The van der Waals surface area contributed by atoms with E-state index in [-0.39, 0.29) is 11.4 Å². The minimum Gasteiger partial charge on any atom is -0.480 e. The Kier molecular flexibility index (Phi) is 1.85.